The van der Waals surface area contributed by atoms with Crippen molar-refractivity contribution in [2.75, 3.05) is 13.6 Å². The van der Waals surface area contributed by atoms with Crippen molar-refractivity contribution in [2.45, 2.75) is 31.6 Å². The standard InChI is InChI=1S/C9H16F2N2O/c1-12-8(14)13-6-7-2-4-9(10,11)5-3-7/h7H,2-6H2,1H3,(H2,12,13,14). The van der Waals surface area contributed by atoms with Crippen LogP contribution in [0, 0.1) is 5.92 Å². The van der Waals surface area contributed by atoms with Crippen LogP contribution in [-0.2, 0) is 0 Å². The first-order valence-electron chi connectivity index (χ1n) is 4.87. The highest BCUT2D eigenvalue weighted by molar-refractivity contribution is 5.73. The maximum atomic E-state index is 12.7. The Morgan fingerprint density at radius 3 is 2.50 bits per heavy atom. The predicted molar refractivity (Wildman–Crippen MR) is 49.4 cm³/mol. The van der Waals surface area contributed by atoms with Crippen LogP contribution in [0.3, 0.4) is 0 Å². The van der Waals surface area contributed by atoms with Crippen LogP contribution in [0.5, 0.6) is 0 Å². The van der Waals surface area contributed by atoms with Crippen LogP contribution in [0.1, 0.15) is 25.7 Å². The summed E-state index contributed by atoms with van der Waals surface area (Å²) < 4.78 is 25.5. The fourth-order valence-electron chi connectivity index (χ4n) is 1.63. The Bertz CT molecular complexity index is 199. The third kappa shape index (κ3) is 3.47. The number of amides is 2. The summed E-state index contributed by atoms with van der Waals surface area (Å²) in [6.07, 6.45) is 0.897. The number of carbonyl (C=O) groups is 1. The highest BCUT2D eigenvalue weighted by Gasteiger charge is 2.34. The molecule has 82 valence electrons. The molecule has 0 aromatic carbocycles. The molecular formula is C9H16F2N2O. The van der Waals surface area contributed by atoms with Gasteiger partial charge in [-0.25, -0.2) is 13.6 Å². The minimum absolute atomic E-state index is 0.0485. The van der Waals surface area contributed by atoms with Gasteiger partial charge in [0.1, 0.15) is 0 Å². The van der Waals surface area contributed by atoms with Gasteiger partial charge in [0.2, 0.25) is 5.92 Å². The van der Waals surface area contributed by atoms with Gasteiger partial charge in [-0.15, -0.1) is 0 Å². The zero-order valence-corrected chi connectivity index (χ0v) is 8.28. The molecule has 14 heavy (non-hydrogen) atoms. The molecule has 0 atom stereocenters. The number of carbonyl (C=O) groups excluding carboxylic acids is 1. The van der Waals surface area contributed by atoms with Crippen LogP contribution < -0.4 is 10.6 Å². The van der Waals surface area contributed by atoms with E-state index >= 15 is 0 Å². The average molecular weight is 206 g/mol. The minimum atomic E-state index is -2.48. The second kappa shape index (κ2) is 4.57. The van der Waals surface area contributed by atoms with Gasteiger partial charge in [-0.1, -0.05) is 0 Å². The summed E-state index contributed by atoms with van der Waals surface area (Å²) in [6, 6.07) is -0.248. The Labute approximate surface area is 82.2 Å². The Morgan fingerprint density at radius 2 is 2.00 bits per heavy atom. The second-order valence-electron chi connectivity index (χ2n) is 3.76. The third-order valence-electron chi connectivity index (χ3n) is 2.62. The summed E-state index contributed by atoms with van der Waals surface area (Å²) in [4.78, 5) is 10.8. The van der Waals surface area contributed by atoms with Crippen LogP contribution in [0.4, 0.5) is 13.6 Å². The highest BCUT2D eigenvalue weighted by atomic mass is 19.3. The smallest absolute Gasteiger partial charge is 0.314 e. The molecule has 0 radical (unpaired) electrons. The lowest BCUT2D eigenvalue weighted by atomic mass is 9.87. The number of hydrogen-bond acceptors (Lipinski definition) is 1. The van der Waals surface area contributed by atoms with E-state index < -0.39 is 5.92 Å². The lowest BCUT2D eigenvalue weighted by Gasteiger charge is -2.28. The van der Waals surface area contributed by atoms with E-state index in [0.717, 1.165) is 0 Å². The van der Waals surface area contributed by atoms with Gasteiger partial charge < -0.3 is 10.6 Å². The molecule has 0 unspecified atom stereocenters. The van der Waals surface area contributed by atoms with E-state index in [4.69, 9.17) is 0 Å². The summed E-state index contributed by atoms with van der Waals surface area (Å²) in [5.41, 5.74) is 0. The van der Waals surface area contributed by atoms with Crippen LogP contribution in [-0.4, -0.2) is 25.5 Å². The van der Waals surface area contributed by atoms with E-state index in [2.05, 4.69) is 10.6 Å². The molecular weight excluding hydrogens is 190 g/mol. The lowest BCUT2D eigenvalue weighted by Crippen LogP contribution is -2.38. The van der Waals surface area contributed by atoms with Crippen molar-refractivity contribution in [2.24, 2.45) is 5.92 Å². The topological polar surface area (TPSA) is 41.1 Å². The Morgan fingerprint density at radius 1 is 1.43 bits per heavy atom. The van der Waals surface area contributed by atoms with Crippen LogP contribution in [0.25, 0.3) is 0 Å². The van der Waals surface area contributed by atoms with Gasteiger partial charge >= 0.3 is 6.03 Å². The quantitative estimate of drug-likeness (QED) is 0.710. The molecule has 0 saturated heterocycles. The summed E-state index contributed by atoms with van der Waals surface area (Å²) in [5.74, 6) is -2.28. The van der Waals surface area contributed by atoms with Crippen LogP contribution in [0.15, 0.2) is 0 Å². The number of nitrogens with one attached hydrogen (secondary N) is 2. The minimum Gasteiger partial charge on any atom is -0.341 e. The van der Waals surface area contributed by atoms with Crippen molar-refractivity contribution < 1.29 is 13.6 Å². The molecule has 2 N–H and O–H groups in total. The SMILES string of the molecule is CNC(=O)NCC1CCC(F)(F)CC1. The van der Waals surface area contributed by atoms with Crippen LogP contribution >= 0.6 is 0 Å². The Hall–Kier alpha value is -0.870. The third-order valence-corrected chi connectivity index (χ3v) is 2.62. The van der Waals surface area contributed by atoms with Crippen molar-refractivity contribution >= 4 is 6.03 Å². The molecule has 1 aliphatic rings. The maximum Gasteiger partial charge on any atom is 0.314 e. The van der Waals surface area contributed by atoms with E-state index in [0.29, 0.717) is 19.4 Å². The van der Waals surface area contributed by atoms with Gasteiger partial charge in [0.05, 0.1) is 0 Å². The molecule has 2 amide bonds. The molecule has 0 bridgehead atoms. The fourth-order valence-corrected chi connectivity index (χ4v) is 1.63. The molecule has 1 fully saturated rings. The van der Waals surface area contributed by atoms with E-state index in [-0.39, 0.29) is 24.8 Å². The highest BCUT2D eigenvalue weighted by Crippen LogP contribution is 2.35. The molecule has 0 aliphatic heterocycles. The lowest BCUT2D eigenvalue weighted by molar-refractivity contribution is -0.0451. The van der Waals surface area contributed by atoms with E-state index in [9.17, 15) is 13.6 Å². The second-order valence-corrected chi connectivity index (χ2v) is 3.76. The summed E-state index contributed by atoms with van der Waals surface area (Å²) >= 11 is 0. The normalized spacial score (nSPS) is 21.6. The molecule has 1 aliphatic carbocycles. The fraction of sp³-hybridized carbons (Fsp3) is 0.889. The first-order valence-corrected chi connectivity index (χ1v) is 4.87. The van der Waals surface area contributed by atoms with Gasteiger partial charge in [-0.2, -0.15) is 0 Å². The molecule has 1 saturated carbocycles. The number of hydrogen-bond donors (Lipinski definition) is 2. The van der Waals surface area contributed by atoms with Gasteiger partial charge in [0.15, 0.2) is 0 Å². The summed E-state index contributed by atoms with van der Waals surface area (Å²) in [5, 5.41) is 5.06. The first-order chi connectivity index (χ1) is 6.53. The largest absolute Gasteiger partial charge is 0.341 e. The number of alkyl halides is 2. The molecule has 0 aromatic rings. The number of halogens is 2. The van der Waals surface area contributed by atoms with E-state index in [1.807, 2.05) is 0 Å². The molecule has 0 heterocycles. The maximum absolute atomic E-state index is 12.7. The predicted octanol–water partition coefficient (Wildman–Crippen LogP) is 1.74. The monoisotopic (exact) mass is 206 g/mol. The molecule has 3 nitrogen and oxygen atoms in total. The van der Waals surface area contributed by atoms with Gasteiger partial charge in [-0.05, 0) is 18.8 Å². The zero-order valence-electron chi connectivity index (χ0n) is 8.28. The van der Waals surface area contributed by atoms with E-state index in [1.54, 1.807) is 0 Å². The molecule has 0 aromatic heterocycles. The summed E-state index contributed by atoms with van der Waals surface area (Å²) in [7, 11) is 1.53. The average Bonchev–Trinajstić information content (AvgIpc) is 2.16. The van der Waals surface area contributed by atoms with Gasteiger partial charge in [0.25, 0.3) is 0 Å². The van der Waals surface area contributed by atoms with Crippen molar-refractivity contribution in [1.29, 1.82) is 0 Å². The van der Waals surface area contributed by atoms with E-state index in [1.165, 1.54) is 7.05 Å². The Kier molecular flexibility index (Phi) is 3.66. The zero-order chi connectivity index (χ0) is 10.6. The molecule has 5 heteroatoms. The van der Waals surface area contributed by atoms with Crippen molar-refractivity contribution in [1.82, 2.24) is 10.6 Å². The first kappa shape index (κ1) is 11.2. The molecule has 0 spiro atoms. The van der Waals surface area contributed by atoms with Gasteiger partial charge in [0, 0.05) is 26.4 Å². The van der Waals surface area contributed by atoms with Crippen molar-refractivity contribution in [3.63, 3.8) is 0 Å². The molecule has 1 rings (SSSR count). The van der Waals surface area contributed by atoms with Gasteiger partial charge in [-0.3, -0.25) is 0 Å². The number of urea groups is 1. The number of rotatable bonds is 2. The summed E-state index contributed by atoms with van der Waals surface area (Å²) in [6.45, 7) is 0.496. The van der Waals surface area contributed by atoms with Crippen molar-refractivity contribution in [3.8, 4) is 0 Å². The van der Waals surface area contributed by atoms with Crippen molar-refractivity contribution in [3.05, 3.63) is 0 Å². The van der Waals surface area contributed by atoms with Crippen LogP contribution in [0.2, 0.25) is 0 Å². The Balaban J connectivity index is 2.19.